The van der Waals surface area contributed by atoms with Crippen LogP contribution in [0.2, 0.25) is 0 Å². The van der Waals surface area contributed by atoms with Gasteiger partial charge in [-0.2, -0.15) is 0 Å². The molecular weight excluding hydrogens is 428 g/mol. The largest absolute Gasteiger partial charge is 0.507 e. The van der Waals surface area contributed by atoms with E-state index in [1.807, 2.05) is 4.90 Å². The topological polar surface area (TPSA) is 114 Å². The summed E-state index contributed by atoms with van der Waals surface area (Å²) in [5, 5.41) is 12.9. The first-order chi connectivity index (χ1) is 16.0. The molecule has 1 saturated heterocycles. The molecule has 9 nitrogen and oxygen atoms in total. The fourth-order valence-corrected chi connectivity index (χ4v) is 3.33. The second-order valence-corrected chi connectivity index (χ2v) is 7.54. The van der Waals surface area contributed by atoms with Gasteiger partial charge in [-0.05, 0) is 51.3 Å². The molecule has 2 amide bonds. The van der Waals surface area contributed by atoms with Crippen LogP contribution in [0.4, 0.5) is 0 Å². The van der Waals surface area contributed by atoms with E-state index < -0.39 is 17.8 Å². The zero-order valence-electron chi connectivity index (χ0n) is 19.4. The predicted octanol–water partition coefficient (Wildman–Crippen LogP) is 2.13. The summed E-state index contributed by atoms with van der Waals surface area (Å²) in [6.45, 7) is 5.79. The fraction of sp³-hybridized carbons (Fsp3) is 0.542. The van der Waals surface area contributed by atoms with Crippen LogP contribution in [0.5, 0.6) is 11.5 Å². The number of amides is 2. The summed E-state index contributed by atoms with van der Waals surface area (Å²) in [4.78, 5) is 38.3. The van der Waals surface area contributed by atoms with Gasteiger partial charge in [0.2, 0.25) is 11.8 Å². The number of nitrogens with zero attached hydrogens (tertiary/aromatic N) is 1. The zero-order chi connectivity index (χ0) is 24.1. The van der Waals surface area contributed by atoms with E-state index in [4.69, 9.17) is 14.2 Å². The van der Waals surface area contributed by atoms with Crippen molar-refractivity contribution >= 4 is 23.9 Å². The van der Waals surface area contributed by atoms with Crippen LogP contribution in [0.1, 0.15) is 38.7 Å². The quantitative estimate of drug-likeness (QED) is 0.212. The van der Waals surface area contributed by atoms with E-state index in [1.165, 1.54) is 12.1 Å². The third-order valence-corrected chi connectivity index (χ3v) is 5.12. The van der Waals surface area contributed by atoms with Crippen LogP contribution < -0.4 is 10.1 Å². The lowest BCUT2D eigenvalue weighted by molar-refractivity contribution is -0.154. The highest BCUT2D eigenvalue weighted by Gasteiger charge is 2.28. The molecular formula is C24H34N2O7. The number of phenolic OH excluding ortho intramolecular Hbond substituents is 1. The lowest BCUT2D eigenvalue weighted by atomic mass is 10.1. The Morgan fingerprint density at radius 3 is 2.58 bits per heavy atom. The van der Waals surface area contributed by atoms with Crippen LogP contribution in [0.15, 0.2) is 24.3 Å². The number of nitrogens with one attached hydrogen (secondary N) is 1. The molecule has 2 rings (SSSR count). The van der Waals surface area contributed by atoms with Crippen molar-refractivity contribution in [2.75, 3.05) is 46.1 Å². The maximum Gasteiger partial charge on any atom is 0.320 e. The lowest BCUT2D eigenvalue weighted by Gasteiger charge is -2.25. The molecule has 2 N–H and O–H groups in total. The molecule has 0 aromatic heterocycles. The van der Waals surface area contributed by atoms with Crippen LogP contribution in [0, 0.1) is 5.92 Å². The van der Waals surface area contributed by atoms with Crippen LogP contribution in [0.3, 0.4) is 0 Å². The Labute approximate surface area is 194 Å². The van der Waals surface area contributed by atoms with Crippen LogP contribution >= 0.6 is 0 Å². The average molecular weight is 463 g/mol. The highest BCUT2D eigenvalue weighted by molar-refractivity contribution is 5.98. The minimum atomic E-state index is -1.03. The number of carbonyl (C=O) groups is 3. The summed E-state index contributed by atoms with van der Waals surface area (Å²) in [7, 11) is 0. The van der Waals surface area contributed by atoms with Crippen molar-refractivity contribution in [1.82, 2.24) is 10.2 Å². The van der Waals surface area contributed by atoms with Crippen LogP contribution in [0.25, 0.3) is 6.08 Å². The van der Waals surface area contributed by atoms with Crippen molar-refractivity contribution in [2.24, 2.45) is 5.92 Å². The Hall–Kier alpha value is -3.07. The molecule has 9 heteroatoms. The van der Waals surface area contributed by atoms with Gasteiger partial charge >= 0.3 is 5.97 Å². The van der Waals surface area contributed by atoms with Gasteiger partial charge in [0.1, 0.15) is 18.1 Å². The molecule has 0 bridgehead atoms. The van der Waals surface area contributed by atoms with E-state index in [1.54, 1.807) is 32.1 Å². The van der Waals surface area contributed by atoms with Crippen LogP contribution in [-0.2, 0) is 23.9 Å². The summed E-state index contributed by atoms with van der Waals surface area (Å²) >= 11 is 0. The zero-order valence-corrected chi connectivity index (χ0v) is 19.4. The standard InChI is InChI=1S/C24H34N2O7/c1-3-31-17-20(24(30)32-4-2)23(29)25-12-15-33-19-10-8-18(21(27)16-19)9-11-22(28)26-13-6-5-7-14-26/h8-11,16,20,27H,3-7,12-15,17H2,1-2H3,(H,25,29)/b11-9+. The first-order valence-corrected chi connectivity index (χ1v) is 11.4. The summed E-state index contributed by atoms with van der Waals surface area (Å²) in [6, 6.07) is 4.77. The number of aromatic hydroxyl groups is 1. The van der Waals surface area contributed by atoms with E-state index in [0.717, 1.165) is 32.4 Å². The normalized spacial score (nSPS) is 14.7. The van der Waals surface area contributed by atoms with E-state index in [0.29, 0.717) is 17.9 Å². The molecule has 1 unspecified atom stereocenters. The Morgan fingerprint density at radius 1 is 1.15 bits per heavy atom. The van der Waals surface area contributed by atoms with Crippen molar-refractivity contribution in [1.29, 1.82) is 0 Å². The van der Waals surface area contributed by atoms with E-state index in [9.17, 15) is 19.5 Å². The van der Waals surface area contributed by atoms with Crippen molar-refractivity contribution in [2.45, 2.75) is 33.1 Å². The van der Waals surface area contributed by atoms with Gasteiger partial charge in [0.05, 0.1) is 19.8 Å². The van der Waals surface area contributed by atoms with Crippen molar-refractivity contribution in [3.05, 3.63) is 29.8 Å². The number of benzene rings is 1. The van der Waals surface area contributed by atoms with Gasteiger partial charge in [0, 0.05) is 37.4 Å². The molecule has 1 atom stereocenters. The third-order valence-electron chi connectivity index (χ3n) is 5.12. The number of hydrogen-bond acceptors (Lipinski definition) is 7. The molecule has 0 radical (unpaired) electrons. The number of likely N-dealkylation sites (tertiary alicyclic amines) is 1. The number of rotatable bonds is 12. The number of ether oxygens (including phenoxy) is 3. The van der Waals surface area contributed by atoms with E-state index in [2.05, 4.69) is 5.32 Å². The van der Waals surface area contributed by atoms with E-state index in [-0.39, 0.29) is 38.0 Å². The Bertz CT molecular complexity index is 819. The number of hydrogen-bond donors (Lipinski definition) is 2. The lowest BCUT2D eigenvalue weighted by Crippen LogP contribution is -2.40. The minimum Gasteiger partial charge on any atom is -0.507 e. The summed E-state index contributed by atoms with van der Waals surface area (Å²) in [6.07, 6.45) is 6.25. The number of piperidine rings is 1. The Morgan fingerprint density at radius 2 is 1.91 bits per heavy atom. The fourth-order valence-electron chi connectivity index (χ4n) is 3.33. The van der Waals surface area contributed by atoms with Crippen LogP contribution in [-0.4, -0.2) is 73.9 Å². The second kappa shape index (κ2) is 14.2. The van der Waals surface area contributed by atoms with Gasteiger partial charge in [-0.25, -0.2) is 0 Å². The number of esters is 1. The van der Waals surface area contributed by atoms with Gasteiger partial charge in [-0.15, -0.1) is 0 Å². The highest BCUT2D eigenvalue weighted by atomic mass is 16.5. The number of carbonyl (C=O) groups excluding carboxylic acids is 3. The van der Waals surface area contributed by atoms with Crippen molar-refractivity contribution in [3.63, 3.8) is 0 Å². The molecule has 1 aromatic rings. The smallest absolute Gasteiger partial charge is 0.320 e. The highest BCUT2D eigenvalue weighted by Crippen LogP contribution is 2.25. The molecule has 1 aliphatic heterocycles. The summed E-state index contributed by atoms with van der Waals surface area (Å²) in [5.41, 5.74) is 0.509. The minimum absolute atomic E-state index is 0.0154. The van der Waals surface area contributed by atoms with Gasteiger partial charge in [-0.1, -0.05) is 0 Å². The van der Waals surface area contributed by atoms with Crippen molar-refractivity contribution < 1.29 is 33.7 Å². The van der Waals surface area contributed by atoms with E-state index >= 15 is 0 Å². The predicted molar refractivity (Wildman–Crippen MR) is 123 cm³/mol. The second-order valence-electron chi connectivity index (χ2n) is 7.54. The Balaban J connectivity index is 1.81. The Kier molecular flexibility index (Phi) is 11.2. The molecule has 1 aliphatic rings. The van der Waals surface area contributed by atoms with Gasteiger partial charge in [0.25, 0.3) is 0 Å². The summed E-state index contributed by atoms with van der Waals surface area (Å²) < 4.78 is 15.7. The molecule has 0 spiro atoms. The maximum absolute atomic E-state index is 12.3. The third kappa shape index (κ3) is 8.76. The van der Waals surface area contributed by atoms with Gasteiger partial charge in [0.15, 0.2) is 5.92 Å². The van der Waals surface area contributed by atoms with Gasteiger partial charge in [-0.3, -0.25) is 14.4 Å². The average Bonchev–Trinajstić information content (AvgIpc) is 2.82. The van der Waals surface area contributed by atoms with Gasteiger partial charge < -0.3 is 29.5 Å². The SMILES string of the molecule is CCOCC(C(=O)NCCOc1ccc(/C=C/C(=O)N2CCCCC2)c(O)c1)C(=O)OCC. The molecule has 182 valence electrons. The maximum atomic E-state index is 12.3. The summed E-state index contributed by atoms with van der Waals surface area (Å²) in [5.74, 6) is -1.82. The molecule has 1 fully saturated rings. The first kappa shape index (κ1) is 26.2. The molecule has 0 saturated carbocycles. The first-order valence-electron chi connectivity index (χ1n) is 11.4. The molecule has 0 aliphatic carbocycles. The number of phenols is 1. The molecule has 1 heterocycles. The molecule has 1 aromatic carbocycles. The molecule has 33 heavy (non-hydrogen) atoms. The monoisotopic (exact) mass is 462 g/mol. The van der Waals surface area contributed by atoms with Crippen molar-refractivity contribution in [3.8, 4) is 11.5 Å².